The van der Waals surface area contributed by atoms with Gasteiger partial charge in [-0.3, -0.25) is 0 Å². The minimum atomic E-state index is -0.327. The van der Waals surface area contributed by atoms with Crippen molar-refractivity contribution in [3.8, 4) is 0 Å². The summed E-state index contributed by atoms with van der Waals surface area (Å²) in [5.74, 6) is 0. The largest absolute Gasteiger partial charge is 0.388 e. The number of halogens is 1. The normalized spacial score (nSPS) is 21.4. The summed E-state index contributed by atoms with van der Waals surface area (Å²) in [4.78, 5) is 1.25. The van der Waals surface area contributed by atoms with Gasteiger partial charge in [0.25, 0.3) is 0 Å². The van der Waals surface area contributed by atoms with Crippen molar-refractivity contribution < 1.29 is 5.11 Å². The molecule has 2 nitrogen and oxygen atoms in total. The Balaban J connectivity index is 1.92. The molecule has 1 atom stereocenters. The molecule has 0 saturated heterocycles. The number of hydrogen-bond acceptors (Lipinski definition) is 2. The number of nitrogens with zero attached hydrogens (tertiary/aromatic N) is 1. The molecule has 1 N–H and O–H groups in total. The zero-order chi connectivity index (χ0) is 13.6. The van der Waals surface area contributed by atoms with Crippen molar-refractivity contribution in [2.45, 2.75) is 39.3 Å². The Bertz CT molecular complexity index is 599. The van der Waals surface area contributed by atoms with E-state index in [2.05, 4.69) is 36.7 Å². The van der Waals surface area contributed by atoms with Gasteiger partial charge in [0.1, 0.15) is 0 Å². The van der Waals surface area contributed by atoms with E-state index < -0.39 is 0 Å². The molecule has 4 heteroatoms. The van der Waals surface area contributed by atoms with Crippen LogP contribution in [0.1, 0.15) is 42.5 Å². The minimum absolute atomic E-state index is 0.162. The van der Waals surface area contributed by atoms with E-state index in [1.165, 1.54) is 10.6 Å². The van der Waals surface area contributed by atoms with Crippen LogP contribution < -0.4 is 0 Å². The number of aliphatic hydroxyl groups excluding tert-OH is 1. The van der Waals surface area contributed by atoms with Gasteiger partial charge in [0.2, 0.25) is 0 Å². The number of thiophene rings is 1. The standard InChI is InChI=1S/C15H18ClNOS/c1-15(2)7-12-11(13(18)8-15)5-6-17(12)9-10-3-4-14(16)19-10/h3-6,13,18H,7-9H2,1-2H3. The van der Waals surface area contributed by atoms with Gasteiger partial charge in [-0.05, 0) is 36.5 Å². The maximum Gasteiger partial charge on any atom is 0.0931 e. The molecule has 1 aliphatic carbocycles. The second kappa shape index (κ2) is 4.65. The van der Waals surface area contributed by atoms with Crippen molar-refractivity contribution in [1.82, 2.24) is 4.57 Å². The van der Waals surface area contributed by atoms with Crippen LogP contribution in [0.15, 0.2) is 24.4 Å². The van der Waals surface area contributed by atoms with Crippen LogP contribution in [0.5, 0.6) is 0 Å². The molecule has 0 fully saturated rings. The fourth-order valence-electron chi connectivity index (χ4n) is 2.94. The molecule has 0 aliphatic heterocycles. The summed E-state index contributed by atoms with van der Waals surface area (Å²) in [5.41, 5.74) is 2.53. The summed E-state index contributed by atoms with van der Waals surface area (Å²) in [6.45, 7) is 5.28. The topological polar surface area (TPSA) is 25.2 Å². The molecular weight excluding hydrogens is 278 g/mol. The predicted molar refractivity (Wildman–Crippen MR) is 79.9 cm³/mol. The molecular formula is C15H18ClNOS. The monoisotopic (exact) mass is 295 g/mol. The van der Waals surface area contributed by atoms with E-state index in [1.807, 2.05) is 6.07 Å². The van der Waals surface area contributed by atoms with Crippen molar-refractivity contribution in [3.63, 3.8) is 0 Å². The molecule has 0 aromatic carbocycles. The fourth-order valence-corrected chi connectivity index (χ4v) is 4.03. The predicted octanol–water partition coefficient (Wildman–Crippen LogP) is 4.26. The molecule has 2 heterocycles. The van der Waals surface area contributed by atoms with Gasteiger partial charge >= 0.3 is 0 Å². The van der Waals surface area contributed by atoms with Gasteiger partial charge in [0.05, 0.1) is 17.0 Å². The Morgan fingerprint density at radius 3 is 2.89 bits per heavy atom. The van der Waals surface area contributed by atoms with E-state index in [0.717, 1.165) is 29.3 Å². The summed E-state index contributed by atoms with van der Waals surface area (Å²) in [6.07, 6.45) is 3.62. The highest BCUT2D eigenvalue weighted by Gasteiger charge is 2.33. The van der Waals surface area contributed by atoms with Gasteiger partial charge in [0, 0.05) is 22.3 Å². The Hall–Kier alpha value is -0.770. The Labute approximate surface area is 122 Å². The van der Waals surface area contributed by atoms with Crippen LogP contribution in [-0.4, -0.2) is 9.67 Å². The van der Waals surface area contributed by atoms with Crippen molar-refractivity contribution >= 4 is 22.9 Å². The number of fused-ring (bicyclic) bond motifs is 1. The van der Waals surface area contributed by atoms with Crippen LogP contribution >= 0.6 is 22.9 Å². The molecule has 0 radical (unpaired) electrons. The maximum absolute atomic E-state index is 10.2. The first-order valence-corrected chi connectivity index (χ1v) is 7.74. The third kappa shape index (κ3) is 2.60. The van der Waals surface area contributed by atoms with Crippen molar-refractivity contribution in [1.29, 1.82) is 0 Å². The van der Waals surface area contributed by atoms with E-state index >= 15 is 0 Å². The average molecular weight is 296 g/mol. The molecule has 0 bridgehead atoms. The number of aliphatic hydroxyl groups is 1. The van der Waals surface area contributed by atoms with Crippen LogP contribution in [0.25, 0.3) is 0 Å². The van der Waals surface area contributed by atoms with Gasteiger partial charge in [0.15, 0.2) is 0 Å². The lowest BCUT2D eigenvalue weighted by Crippen LogP contribution is -2.26. The highest BCUT2D eigenvalue weighted by atomic mass is 35.5. The molecule has 1 aliphatic rings. The zero-order valence-corrected chi connectivity index (χ0v) is 12.8. The third-order valence-electron chi connectivity index (χ3n) is 3.82. The molecule has 0 amide bonds. The second-order valence-electron chi connectivity index (χ2n) is 6.11. The minimum Gasteiger partial charge on any atom is -0.388 e. The van der Waals surface area contributed by atoms with E-state index in [9.17, 15) is 5.11 Å². The molecule has 1 unspecified atom stereocenters. The summed E-state index contributed by atoms with van der Waals surface area (Å²) < 4.78 is 3.08. The van der Waals surface area contributed by atoms with Gasteiger partial charge in [-0.1, -0.05) is 25.4 Å². The highest BCUT2D eigenvalue weighted by Crippen LogP contribution is 2.41. The molecule has 3 rings (SSSR count). The average Bonchev–Trinajstić information content (AvgIpc) is 2.86. The van der Waals surface area contributed by atoms with Gasteiger partial charge in [-0.25, -0.2) is 0 Å². The van der Waals surface area contributed by atoms with E-state index in [1.54, 1.807) is 11.3 Å². The lowest BCUT2D eigenvalue weighted by molar-refractivity contribution is 0.0981. The fraction of sp³-hybridized carbons (Fsp3) is 0.467. The molecule has 2 aromatic heterocycles. The molecule has 102 valence electrons. The highest BCUT2D eigenvalue weighted by molar-refractivity contribution is 7.16. The first-order valence-electron chi connectivity index (χ1n) is 6.55. The Kier molecular flexibility index (Phi) is 3.24. The van der Waals surface area contributed by atoms with Crippen LogP contribution in [-0.2, 0) is 13.0 Å². The third-order valence-corrected chi connectivity index (χ3v) is 5.04. The summed E-state index contributed by atoms with van der Waals surface area (Å²) >= 11 is 7.60. The van der Waals surface area contributed by atoms with Crippen molar-refractivity contribution in [3.05, 3.63) is 44.9 Å². The second-order valence-corrected chi connectivity index (χ2v) is 7.91. The van der Waals surface area contributed by atoms with Crippen LogP contribution in [0.3, 0.4) is 0 Å². The summed E-state index contributed by atoms with van der Waals surface area (Å²) in [5, 5.41) is 10.2. The summed E-state index contributed by atoms with van der Waals surface area (Å²) in [6, 6.07) is 6.07. The molecule has 2 aromatic rings. The number of hydrogen-bond donors (Lipinski definition) is 1. The summed E-state index contributed by atoms with van der Waals surface area (Å²) in [7, 11) is 0. The van der Waals surface area contributed by atoms with Gasteiger partial charge in [-0.15, -0.1) is 11.3 Å². The van der Waals surface area contributed by atoms with Crippen LogP contribution in [0.4, 0.5) is 0 Å². The van der Waals surface area contributed by atoms with Crippen LogP contribution in [0.2, 0.25) is 4.34 Å². The first kappa shape index (κ1) is 13.2. The quantitative estimate of drug-likeness (QED) is 0.880. The Morgan fingerprint density at radius 1 is 1.42 bits per heavy atom. The molecule has 0 saturated carbocycles. The van der Waals surface area contributed by atoms with Gasteiger partial charge in [-0.2, -0.15) is 0 Å². The smallest absolute Gasteiger partial charge is 0.0931 e. The number of aromatic nitrogens is 1. The first-order chi connectivity index (χ1) is 8.94. The maximum atomic E-state index is 10.2. The lowest BCUT2D eigenvalue weighted by Gasteiger charge is -2.33. The van der Waals surface area contributed by atoms with E-state index in [4.69, 9.17) is 11.6 Å². The molecule has 19 heavy (non-hydrogen) atoms. The SMILES string of the molecule is CC1(C)Cc2c(ccn2Cc2ccc(Cl)s2)C(O)C1. The van der Waals surface area contributed by atoms with Crippen LogP contribution in [0, 0.1) is 5.41 Å². The van der Waals surface area contributed by atoms with Gasteiger partial charge < -0.3 is 9.67 Å². The lowest BCUT2D eigenvalue weighted by atomic mass is 9.75. The van der Waals surface area contributed by atoms with Crippen molar-refractivity contribution in [2.24, 2.45) is 5.41 Å². The number of rotatable bonds is 2. The zero-order valence-electron chi connectivity index (χ0n) is 11.2. The van der Waals surface area contributed by atoms with E-state index in [0.29, 0.717) is 0 Å². The van der Waals surface area contributed by atoms with Crippen molar-refractivity contribution in [2.75, 3.05) is 0 Å². The molecule has 0 spiro atoms. The van der Waals surface area contributed by atoms with E-state index in [-0.39, 0.29) is 11.5 Å². The Morgan fingerprint density at radius 2 is 2.21 bits per heavy atom.